The molecule has 0 aromatic rings. The van der Waals surface area contributed by atoms with E-state index in [1.54, 1.807) is 0 Å². The summed E-state index contributed by atoms with van der Waals surface area (Å²) in [6.45, 7) is 2.17. The van der Waals surface area contributed by atoms with Gasteiger partial charge in [-0.25, -0.2) is 4.39 Å². The van der Waals surface area contributed by atoms with Crippen molar-refractivity contribution < 1.29 is 14.3 Å². The van der Waals surface area contributed by atoms with Crippen LogP contribution in [0, 0.1) is 29.1 Å². The molecule has 0 aliphatic heterocycles. The zero-order valence-corrected chi connectivity index (χ0v) is 14.3. The lowest BCUT2D eigenvalue weighted by Gasteiger charge is -2.57. The number of aliphatic hydroxyl groups excluding tert-OH is 1. The summed E-state index contributed by atoms with van der Waals surface area (Å²) in [5.74, 6) is 0.917. The van der Waals surface area contributed by atoms with Gasteiger partial charge in [0.05, 0.1) is 6.10 Å². The van der Waals surface area contributed by atoms with Gasteiger partial charge >= 0.3 is 0 Å². The molecule has 4 aliphatic carbocycles. The Morgan fingerprint density at radius 3 is 2.83 bits per heavy atom. The first kappa shape index (κ1) is 15.8. The van der Waals surface area contributed by atoms with Gasteiger partial charge < -0.3 is 5.11 Å². The third-order valence-corrected chi connectivity index (χ3v) is 7.66. The highest BCUT2D eigenvalue weighted by Gasteiger charge is 2.55. The van der Waals surface area contributed by atoms with Gasteiger partial charge in [-0.15, -0.1) is 0 Å². The Labute approximate surface area is 141 Å². The second-order valence-corrected chi connectivity index (χ2v) is 8.59. The fourth-order valence-electron chi connectivity index (χ4n) is 6.03. The Bertz CT molecular complexity index is 610. The van der Waals surface area contributed by atoms with Crippen molar-refractivity contribution in [3.63, 3.8) is 0 Å². The number of Topliss-reactive ketones (excluding diaryl/α,β-unsaturated/α-hetero) is 1. The molecule has 1 N–H and O–H groups in total. The molecule has 0 bridgehead atoms. The lowest BCUT2D eigenvalue weighted by atomic mass is 9.48. The fourth-order valence-corrected chi connectivity index (χ4v) is 6.37. The van der Waals surface area contributed by atoms with Crippen LogP contribution in [0.2, 0.25) is 0 Å². The molecular weight excluding hydrogens is 315 g/mol. The maximum atomic E-state index is 14.3. The van der Waals surface area contributed by atoms with Crippen LogP contribution in [-0.2, 0) is 4.79 Å². The van der Waals surface area contributed by atoms with E-state index < -0.39 is 11.9 Å². The summed E-state index contributed by atoms with van der Waals surface area (Å²) in [6.07, 6.45) is 7.10. The number of allylic oxidation sites excluding steroid dienone is 3. The van der Waals surface area contributed by atoms with E-state index in [4.69, 9.17) is 11.6 Å². The Balaban J connectivity index is 1.67. The maximum Gasteiger partial charge on any atom is 0.191 e. The summed E-state index contributed by atoms with van der Waals surface area (Å²) in [5, 5.41) is 11.2. The summed E-state index contributed by atoms with van der Waals surface area (Å²) in [7, 11) is 0. The second-order valence-electron chi connectivity index (χ2n) is 8.15. The number of carbonyl (C=O) groups is 1. The Hall–Kier alpha value is -0.670. The lowest BCUT2D eigenvalue weighted by Crippen LogP contribution is -2.53. The highest BCUT2D eigenvalue weighted by Crippen LogP contribution is 2.61. The van der Waals surface area contributed by atoms with Crippen molar-refractivity contribution in [1.29, 1.82) is 0 Å². The van der Waals surface area contributed by atoms with E-state index in [0.29, 0.717) is 35.6 Å². The lowest BCUT2D eigenvalue weighted by molar-refractivity contribution is -0.119. The van der Waals surface area contributed by atoms with E-state index in [-0.39, 0.29) is 17.1 Å². The van der Waals surface area contributed by atoms with Gasteiger partial charge in [0.1, 0.15) is 0 Å². The molecule has 0 aromatic heterocycles. The largest absolute Gasteiger partial charge is 0.387 e. The summed E-state index contributed by atoms with van der Waals surface area (Å²) in [6, 6.07) is 0. The van der Waals surface area contributed by atoms with Crippen LogP contribution in [0.3, 0.4) is 0 Å². The molecule has 0 radical (unpaired) electrons. The number of ketones is 1. The van der Waals surface area contributed by atoms with Crippen molar-refractivity contribution in [1.82, 2.24) is 0 Å². The number of aliphatic hydroxyl groups is 1. The molecule has 23 heavy (non-hydrogen) atoms. The SMILES string of the molecule is C[C@]12CC[C@H]3[C@@H](CCC4=C(F)C(=O)CC[C@@H]43)[C@@H]1CC=C(Cl)[C@@H]2O. The number of hydrogen-bond donors (Lipinski definition) is 1. The minimum atomic E-state index is -0.564. The second kappa shape index (κ2) is 5.42. The minimum absolute atomic E-state index is 0.156. The average Bonchev–Trinajstić information content (AvgIpc) is 2.54. The molecule has 0 saturated heterocycles. The van der Waals surface area contributed by atoms with Gasteiger partial charge in [0, 0.05) is 16.9 Å². The summed E-state index contributed by atoms with van der Waals surface area (Å²) in [4.78, 5) is 11.7. The van der Waals surface area contributed by atoms with Crippen molar-refractivity contribution in [3.8, 4) is 0 Å². The molecule has 0 amide bonds. The Morgan fingerprint density at radius 2 is 2.04 bits per heavy atom. The van der Waals surface area contributed by atoms with Crippen LogP contribution in [0.25, 0.3) is 0 Å². The van der Waals surface area contributed by atoms with E-state index in [9.17, 15) is 14.3 Å². The number of hydrogen-bond acceptors (Lipinski definition) is 2. The first-order valence-corrected chi connectivity index (χ1v) is 9.26. The van der Waals surface area contributed by atoms with Crippen molar-refractivity contribution >= 4 is 17.4 Å². The van der Waals surface area contributed by atoms with Crippen LogP contribution in [0.1, 0.15) is 51.9 Å². The Morgan fingerprint density at radius 1 is 1.26 bits per heavy atom. The predicted octanol–water partition coefficient (Wildman–Crippen LogP) is 4.52. The number of rotatable bonds is 0. The summed E-state index contributed by atoms with van der Waals surface area (Å²) >= 11 is 6.21. The molecule has 0 spiro atoms. The average molecular weight is 339 g/mol. The number of carbonyl (C=O) groups excluding carboxylic acids is 1. The normalized spacial score (nSPS) is 46.7. The third-order valence-electron chi connectivity index (χ3n) is 7.30. The molecule has 2 saturated carbocycles. The zero-order valence-electron chi connectivity index (χ0n) is 13.5. The molecule has 126 valence electrons. The topological polar surface area (TPSA) is 37.3 Å². The third kappa shape index (κ3) is 2.19. The maximum absolute atomic E-state index is 14.3. The molecule has 0 aromatic carbocycles. The van der Waals surface area contributed by atoms with E-state index in [0.717, 1.165) is 37.7 Å². The van der Waals surface area contributed by atoms with Crippen LogP contribution in [-0.4, -0.2) is 17.0 Å². The van der Waals surface area contributed by atoms with Crippen molar-refractivity contribution in [2.24, 2.45) is 29.1 Å². The van der Waals surface area contributed by atoms with Crippen LogP contribution in [0.15, 0.2) is 22.5 Å². The van der Waals surface area contributed by atoms with Gasteiger partial charge in [0.2, 0.25) is 0 Å². The van der Waals surface area contributed by atoms with E-state index in [1.165, 1.54) is 0 Å². The minimum Gasteiger partial charge on any atom is -0.387 e. The molecule has 0 unspecified atom stereocenters. The van der Waals surface area contributed by atoms with Crippen molar-refractivity contribution in [2.45, 2.75) is 58.0 Å². The molecule has 0 heterocycles. The first-order chi connectivity index (χ1) is 10.9. The first-order valence-electron chi connectivity index (χ1n) is 8.89. The smallest absolute Gasteiger partial charge is 0.191 e. The molecule has 4 heteroatoms. The predicted molar refractivity (Wildman–Crippen MR) is 87.5 cm³/mol. The van der Waals surface area contributed by atoms with E-state index in [2.05, 4.69) is 6.92 Å². The highest BCUT2D eigenvalue weighted by molar-refractivity contribution is 6.30. The molecule has 2 nitrogen and oxygen atoms in total. The quantitative estimate of drug-likeness (QED) is 0.705. The number of halogens is 2. The van der Waals surface area contributed by atoms with E-state index >= 15 is 0 Å². The monoisotopic (exact) mass is 338 g/mol. The van der Waals surface area contributed by atoms with Gasteiger partial charge in [0.25, 0.3) is 0 Å². The van der Waals surface area contributed by atoms with Gasteiger partial charge in [0.15, 0.2) is 11.6 Å². The van der Waals surface area contributed by atoms with Crippen molar-refractivity contribution in [2.75, 3.05) is 0 Å². The van der Waals surface area contributed by atoms with Crippen LogP contribution in [0.4, 0.5) is 4.39 Å². The fraction of sp³-hybridized carbons (Fsp3) is 0.737. The summed E-state index contributed by atoms with van der Waals surface area (Å²) < 4.78 is 14.3. The van der Waals surface area contributed by atoms with Crippen LogP contribution in [0.5, 0.6) is 0 Å². The molecular formula is C19H24ClFO2. The molecule has 4 aliphatic rings. The van der Waals surface area contributed by atoms with Gasteiger partial charge in [-0.1, -0.05) is 24.6 Å². The van der Waals surface area contributed by atoms with Gasteiger partial charge in [-0.05, 0) is 67.8 Å². The number of fused-ring (bicyclic) bond motifs is 5. The molecule has 6 atom stereocenters. The molecule has 2 fully saturated rings. The van der Waals surface area contributed by atoms with Gasteiger partial charge in [-0.2, -0.15) is 0 Å². The standard InChI is InChI=1S/C19H24ClFO2/c1-19-9-8-11-10-4-7-16(22)17(21)13(10)3-2-12(11)14(19)5-6-15(20)18(19)23/h6,10-12,14,18,23H,2-5,7-9H2,1H3/t10-,11-,12-,14+,18+,19+/m1/s1. The highest BCUT2D eigenvalue weighted by atomic mass is 35.5. The van der Waals surface area contributed by atoms with Crippen LogP contribution >= 0.6 is 11.6 Å². The van der Waals surface area contributed by atoms with Gasteiger partial charge in [-0.3, -0.25) is 4.79 Å². The summed E-state index contributed by atoms with van der Waals surface area (Å²) in [5.41, 5.74) is 0.646. The van der Waals surface area contributed by atoms with Crippen molar-refractivity contribution in [3.05, 3.63) is 22.5 Å². The molecule has 4 rings (SSSR count). The zero-order chi connectivity index (χ0) is 16.4. The van der Waals surface area contributed by atoms with E-state index in [1.807, 2.05) is 6.08 Å². The van der Waals surface area contributed by atoms with Crippen LogP contribution < -0.4 is 0 Å². The Kier molecular flexibility index (Phi) is 3.73.